The smallest absolute Gasteiger partial charge is 0.393 e. The van der Waals surface area contributed by atoms with E-state index in [1.54, 1.807) is 0 Å². The van der Waals surface area contributed by atoms with Crippen molar-refractivity contribution in [1.29, 1.82) is 0 Å². The van der Waals surface area contributed by atoms with Crippen molar-refractivity contribution in [2.75, 3.05) is 0 Å². The Labute approximate surface area is 158 Å². The normalized spacial score (nSPS) is 13.6. The number of hydrogen-bond donors (Lipinski definition) is 3. The molecule has 26 heavy (non-hydrogen) atoms. The van der Waals surface area contributed by atoms with Gasteiger partial charge in [0.15, 0.2) is 0 Å². The van der Waals surface area contributed by atoms with E-state index in [2.05, 4.69) is 16.0 Å². The molecular weight excluding hydrogens is 360 g/mol. The molecule has 0 aromatic heterocycles. The van der Waals surface area contributed by atoms with Crippen molar-refractivity contribution in [3.05, 3.63) is 12.0 Å². The molecule has 156 valence electrons. The van der Waals surface area contributed by atoms with Gasteiger partial charge in [-0.15, -0.1) is 0 Å². The lowest BCUT2D eigenvalue weighted by Crippen LogP contribution is -2.06. The highest BCUT2D eigenvalue weighted by Crippen LogP contribution is 2.14. The molecule has 0 fully saturated rings. The maximum Gasteiger partial charge on any atom is 0.449 e. The molecule has 1 unspecified atom stereocenters. The minimum Gasteiger partial charge on any atom is -0.393 e. The fourth-order valence-electron chi connectivity index (χ4n) is 2.77. The lowest BCUT2D eigenvalue weighted by atomic mass is 10.0. The zero-order chi connectivity index (χ0) is 19.7. The molecule has 0 aliphatic carbocycles. The second-order valence-corrected chi connectivity index (χ2v) is 7.70. The molecule has 7 nitrogen and oxygen atoms in total. The van der Waals surface area contributed by atoms with Crippen LogP contribution in [0.2, 0.25) is 0 Å². The van der Waals surface area contributed by atoms with Gasteiger partial charge < -0.3 is 9.29 Å². The first kappa shape index (κ1) is 25.2. The van der Waals surface area contributed by atoms with Crippen molar-refractivity contribution >= 4 is 10.4 Å². The summed E-state index contributed by atoms with van der Waals surface area (Å²) in [6.45, 7) is 2.21. The van der Waals surface area contributed by atoms with Crippen molar-refractivity contribution in [3.8, 4) is 0 Å². The van der Waals surface area contributed by atoms with Gasteiger partial charge in [-0.1, -0.05) is 71.1 Å². The topological polar surface area (TPSA) is 113 Å². The molecule has 0 aromatic carbocycles. The van der Waals surface area contributed by atoms with Gasteiger partial charge in [-0.05, 0) is 25.7 Å². The number of rotatable bonds is 18. The quantitative estimate of drug-likeness (QED) is 0.0984. The Kier molecular flexibility index (Phi) is 15.8. The third kappa shape index (κ3) is 18.0. The largest absolute Gasteiger partial charge is 0.449 e. The Morgan fingerprint density at radius 3 is 1.92 bits per heavy atom. The molecule has 0 amide bonds. The van der Waals surface area contributed by atoms with Crippen LogP contribution < -0.4 is 0 Å². The van der Waals surface area contributed by atoms with Crippen LogP contribution in [0.25, 0.3) is 0 Å². The maximum absolute atomic E-state index is 10.5. The van der Waals surface area contributed by atoms with E-state index in [0.717, 1.165) is 44.9 Å². The summed E-state index contributed by atoms with van der Waals surface area (Å²) in [5.41, 5.74) is 0. The Morgan fingerprint density at radius 2 is 1.42 bits per heavy atom. The van der Waals surface area contributed by atoms with Crippen LogP contribution in [-0.2, 0) is 19.5 Å². The molecule has 0 radical (unpaired) electrons. The summed E-state index contributed by atoms with van der Waals surface area (Å²) in [4.78, 5) is 3.73. The van der Waals surface area contributed by atoms with Gasteiger partial charge in [0.2, 0.25) is 0 Å². The third-order valence-electron chi connectivity index (χ3n) is 4.22. The second-order valence-electron chi connectivity index (χ2n) is 6.68. The van der Waals surface area contributed by atoms with Crippen molar-refractivity contribution in [3.63, 3.8) is 0 Å². The molecule has 1 atom stereocenters. The Hall–Kier alpha value is -0.830. The summed E-state index contributed by atoms with van der Waals surface area (Å²) in [6.07, 6.45) is 15.5. The van der Waals surface area contributed by atoms with Gasteiger partial charge in [0, 0.05) is 6.08 Å². The molecule has 0 bridgehead atoms. The van der Waals surface area contributed by atoms with Gasteiger partial charge in [-0.25, -0.2) is 0 Å². The summed E-state index contributed by atoms with van der Waals surface area (Å²) in [7, 11) is -4.69. The number of unbranched alkanes of at least 4 members (excludes halogenated alkanes) is 10. The van der Waals surface area contributed by atoms with Crippen LogP contribution in [0.15, 0.2) is 12.0 Å². The van der Waals surface area contributed by atoms with E-state index < -0.39 is 16.3 Å². The summed E-state index contributed by atoms with van der Waals surface area (Å²) in [6, 6.07) is 0. The van der Waals surface area contributed by atoms with Crippen LogP contribution in [0.3, 0.4) is 0 Å². The van der Waals surface area contributed by atoms with E-state index in [9.17, 15) is 13.5 Å². The van der Waals surface area contributed by atoms with Gasteiger partial charge in [0.05, 0.1) is 6.10 Å². The van der Waals surface area contributed by atoms with E-state index in [-0.39, 0.29) is 6.10 Å². The molecule has 8 heteroatoms. The van der Waals surface area contributed by atoms with Gasteiger partial charge in [-0.2, -0.15) is 13.7 Å². The summed E-state index contributed by atoms with van der Waals surface area (Å²) >= 11 is 0. The lowest BCUT2D eigenvalue weighted by molar-refractivity contribution is -0.231. The Balaban J connectivity index is 3.53. The van der Waals surface area contributed by atoms with Crippen LogP contribution >= 0.6 is 0 Å². The molecule has 0 saturated heterocycles. The molecule has 0 aliphatic heterocycles. The zero-order valence-corrected chi connectivity index (χ0v) is 16.8. The minimum atomic E-state index is -4.69. The highest BCUT2D eigenvalue weighted by Gasteiger charge is 2.10. The first-order chi connectivity index (χ1) is 12.4. The predicted octanol–water partition coefficient (Wildman–Crippen LogP) is 4.98. The number of allylic oxidation sites excluding steroid dienone is 1. The highest BCUT2D eigenvalue weighted by molar-refractivity contribution is 7.81. The van der Waals surface area contributed by atoms with Crippen molar-refractivity contribution in [2.24, 2.45) is 0 Å². The van der Waals surface area contributed by atoms with Crippen LogP contribution in [0, 0.1) is 0 Å². The monoisotopic (exact) mass is 396 g/mol. The zero-order valence-electron chi connectivity index (χ0n) is 15.9. The van der Waals surface area contributed by atoms with E-state index in [1.165, 1.54) is 44.6 Å². The molecule has 0 saturated carbocycles. The molecule has 3 N–H and O–H groups in total. The molecule has 0 heterocycles. The van der Waals surface area contributed by atoms with Gasteiger partial charge >= 0.3 is 16.3 Å². The van der Waals surface area contributed by atoms with Gasteiger partial charge in [0.25, 0.3) is 0 Å². The Bertz CT molecular complexity index is 448. The summed E-state index contributed by atoms with van der Waals surface area (Å²) < 4.78 is 33.4. The van der Waals surface area contributed by atoms with Crippen molar-refractivity contribution < 1.29 is 32.4 Å². The number of aliphatic hydroxyl groups is 1. The van der Waals surface area contributed by atoms with E-state index in [0.29, 0.717) is 6.42 Å². The summed E-state index contributed by atoms with van der Waals surface area (Å²) in [5.74, 6) is -0.655. The average Bonchev–Trinajstić information content (AvgIpc) is 2.58. The number of hydrogen-bond acceptors (Lipinski definition) is 6. The molecule has 0 spiro atoms. The Morgan fingerprint density at radius 1 is 0.923 bits per heavy atom. The SMILES string of the molecule is CCCCCCCCCC(O)CCCCCCC=C(OO)OS(=O)(=O)O. The molecule has 0 rings (SSSR count). The number of aliphatic hydroxyl groups excluding tert-OH is 1. The van der Waals surface area contributed by atoms with E-state index in [1.807, 2.05) is 0 Å². The van der Waals surface area contributed by atoms with Crippen LogP contribution in [0.1, 0.15) is 96.8 Å². The standard InChI is InChI=1S/C18H36O7S/c1-2-3-4-5-6-8-11-14-17(19)15-12-9-7-10-13-16-18(24-20)25-26(21,22)23/h16-17,19-20H,2-15H2,1H3,(H,21,22,23). The fourth-order valence-corrected chi connectivity index (χ4v) is 3.08. The van der Waals surface area contributed by atoms with Crippen molar-refractivity contribution in [2.45, 2.75) is 103 Å². The molecule has 0 aliphatic rings. The molecule has 0 aromatic rings. The van der Waals surface area contributed by atoms with E-state index in [4.69, 9.17) is 9.81 Å². The lowest BCUT2D eigenvalue weighted by Gasteiger charge is -2.10. The van der Waals surface area contributed by atoms with Gasteiger partial charge in [0.1, 0.15) is 0 Å². The van der Waals surface area contributed by atoms with Gasteiger partial charge in [-0.3, -0.25) is 9.44 Å². The average molecular weight is 397 g/mol. The molecular formula is C18H36O7S. The first-order valence-electron chi connectivity index (χ1n) is 9.75. The second kappa shape index (κ2) is 16.4. The van der Waals surface area contributed by atoms with E-state index >= 15 is 0 Å². The minimum absolute atomic E-state index is 0.219. The third-order valence-corrected chi connectivity index (χ3v) is 4.60. The summed E-state index contributed by atoms with van der Waals surface area (Å²) in [5, 5.41) is 18.4. The fraction of sp³-hybridized carbons (Fsp3) is 0.889. The van der Waals surface area contributed by atoms with Crippen LogP contribution in [0.5, 0.6) is 0 Å². The van der Waals surface area contributed by atoms with Crippen molar-refractivity contribution in [1.82, 2.24) is 0 Å². The van der Waals surface area contributed by atoms with Crippen LogP contribution in [0.4, 0.5) is 0 Å². The first-order valence-corrected chi connectivity index (χ1v) is 11.1. The highest BCUT2D eigenvalue weighted by atomic mass is 32.3. The van der Waals surface area contributed by atoms with Crippen LogP contribution in [-0.4, -0.2) is 29.4 Å². The predicted molar refractivity (Wildman–Crippen MR) is 101 cm³/mol. The maximum atomic E-state index is 10.5.